The Labute approximate surface area is 200 Å². The lowest BCUT2D eigenvalue weighted by Gasteiger charge is -2.29. The fourth-order valence-corrected chi connectivity index (χ4v) is 5.38. The minimum Gasteiger partial charge on any atom is -0.206 e. The lowest BCUT2D eigenvalue weighted by molar-refractivity contribution is 0.302. The van der Waals surface area contributed by atoms with Crippen molar-refractivity contribution in [2.75, 3.05) is 0 Å². The molecule has 33 heavy (non-hydrogen) atoms. The van der Waals surface area contributed by atoms with Crippen molar-refractivity contribution >= 4 is 0 Å². The Kier molecular flexibility index (Phi) is 8.37. The fraction of sp³-hybridized carbons (Fsp3) is 0.438. The molecule has 0 unspecified atom stereocenters. The van der Waals surface area contributed by atoms with Crippen LogP contribution in [-0.2, 0) is 12.8 Å². The van der Waals surface area contributed by atoms with Gasteiger partial charge in [0.1, 0.15) is 5.82 Å². The van der Waals surface area contributed by atoms with Crippen LogP contribution in [0.4, 0.5) is 4.39 Å². The summed E-state index contributed by atoms with van der Waals surface area (Å²) in [6.07, 6.45) is 12.5. The van der Waals surface area contributed by atoms with Crippen molar-refractivity contribution in [2.45, 2.75) is 84.0 Å². The van der Waals surface area contributed by atoms with Crippen molar-refractivity contribution in [3.63, 3.8) is 0 Å². The Morgan fingerprint density at radius 2 is 1.39 bits per heavy atom. The maximum Gasteiger partial charge on any atom is 0.131 e. The number of hydrogen-bond acceptors (Lipinski definition) is 0. The Hall–Kier alpha value is -2.41. The monoisotopic (exact) mass is 442 g/mol. The smallest absolute Gasteiger partial charge is 0.131 e. The SMILES string of the molecule is CCCCC[C@H]1CC[C@H](c2ccc(-c3ccc(CCc4ccc(C)cc4)cc3)c(F)c2)CC1. The minimum absolute atomic E-state index is 0.0787. The Balaban J connectivity index is 1.33. The van der Waals surface area contributed by atoms with Crippen LogP contribution in [0.15, 0.2) is 66.7 Å². The fourth-order valence-electron chi connectivity index (χ4n) is 5.38. The lowest BCUT2D eigenvalue weighted by atomic mass is 9.77. The second kappa shape index (κ2) is 11.6. The van der Waals surface area contributed by atoms with E-state index in [0.29, 0.717) is 5.92 Å². The third kappa shape index (κ3) is 6.56. The first-order valence-corrected chi connectivity index (χ1v) is 13.1. The Bertz CT molecular complexity index is 992. The molecule has 0 bridgehead atoms. The molecular weight excluding hydrogens is 403 g/mol. The standard InChI is InChI=1S/C32H39F/c1-3-4-5-6-25-13-17-28(18-14-25)30-21-22-31(32(33)23-30)29-19-15-27(16-20-29)12-11-26-9-7-24(2)8-10-26/h7-10,15-16,19-23,25,28H,3-6,11-14,17-18H2,1-2H3/t25-,28-. The zero-order chi connectivity index (χ0) is 23.0. The number of rotatable bonds is 9. The summed E-state index contributed by atoms with van der Waals surface area (Å²) in [6, 6.07) is 23.2. The van der Waals surface area contributed by atoms with Gasteiger partial charge >= 0.3 is 0 Å². The number of unbranched alkanes of at least 4 members (excludes halogenated alkanes) is 2. The molecule has 3 aromatic rings. The van der Waals surface area contributed by atoms with E-state index in [1.165, 1.54) is 73.6 Å². The average molecular weight is 443 g/mol. The third-order valence-electron chi connectivity index (χ3n) is 7.62. The topological polar surface area (TPSA) is 0 Å². The Morgan fingerprint density at radius 3 is 2.00 bits per heavy atom. The highest BCUT2D eigenvalue weighted by atomic mass is 19.1. The molecular formula is C32H39F. The van der Waals surface area contributed by atoms with E-state index in [4.69, 9.17) is 0 Å². The van der Waals surface area contributed by atoms with Gasteiger partial charge in [-0.25, -0.2) is 4.39 Å². The first-order valence-electron chi connectivity index (χ1n) is 13.1. The number of halogens is 1. The van der Waals surface area contributed by atoms with Gasteiger partial charge in [0.05, 0.1) is 0 Å². The predicted molar refractivity (Wildman–Crippen MR) is 139 cm³/mol. The molecule has 0 heterocycles. The lowest BCUT2D eigenvalue weighted by Crippen LogP contribution is -2.13. The highest BCUT2D eigenvalue weighted by Crippen LogP contribution is 2.39. The molecule has 0 radical (unpaired) electrons. The van der Waals surface area contributed by atoms with Gasteiger partial charge in [0, 0.05) is 5.56 Å². The summed E-state index contributed by atoms with van der Waals surface area (Å²) in [5.74, 6) is 1.34. The maximum atomic E-state index is 15.1. The van der Waals surface area contributed by atoms with Crippen LogP contribution < -0.4 is 0 Å². The molecule has 0 spiro atoms. The molecule has 4 rings (SSSR count). The summed E-state index contributed by atoms with van der Waals surface area (Å²) in [5, 5.41) is 0. The van der Waals surface area contributed by atoms with Crippen LogP contribution in [0.2, 0.25) is 0 Å². The van der Waals surface area contributed by atoms with Crippen molar-refractivity contribution in [3.8, 4) is 11.1 Å². The van der Waals surface area contributed by atoms with E-state index in [1.54, 1.807) is 0 Å². The van der Waals surface area contributed by atoms with Crippen LogP contribution in [0, 0.1) is 18.7 Å². The largest absolute Gasteiger partial charge is 0.206 e. The van der Waals surface area contributed by atoms with E-state index in [0.717, 1.165) is 29.9 Å². The second-order valence-electron chi connectivity index (χ2n) is 10.1. The highest BCUT2D eigenvalue weighted by Gasteiger charge is 2.23. The third-order valence-corrected chi connectivity index (χ3v) is 7.62. The summed E-state index contributed by atoms with van der Waals surface area (Å²) >= 11 is 0. The quantitative estimate of drug-likeness (QED) is 0.289. The van der Waals surface area contributed by atoms with Crippen molar-refractivity contribution in [1.82, 2.24) is 0 Å². The molecule has 0 atom stereocenters. The van der Waals surface area contributed by atoms with Gasteiger partial charge < -0.3 is 0 Å². The number of aryl methyl sites for hydroxylation is 3. The molecule has 3 aromatic carbocycles. The summed E-state index contributed by atoms with van der Waals surface area (Å²) in [6.45, 7) is 4.39. The molecule has 0 saturated heterocycles. The normalized spacial score (nSPS) is 18.4. The maximum absolute atomic E-state index is 15.1. The molecule has 1 aliphatic rings. The van der Waals surface area contributed by atoms with E-state index in [-0.39, 0.29) is 5.82 Å². The van der Waals surface area contributed by atoms with Crippen molar-refractivity contribution in [3.05, 3.63) is 94.8 Å². The van der Waals surface area contributed by atoms with Gasteiger partial charge in [-0.05, 0) is 85.6 Å². The van der Waals surface area contributed by atoms with Crippen LogP contribution in [0.3, 0.4) is 0 Å². The van der Waals surface area contributed by atoms with E-state index in [9.17, 15) is 0 Å². The molecule has 1 saturated carbocycles. The first-order chi connectivity index (χ1) is 16.1. The van der Waals surface area contributed by atoms with E-state index in [1.807, 2.05) is 12.1 Å². The minimum atomic E-state index is -0.0787. The molecule has 0 N–H and O–H groups in total. The first kappa shape index (κ1) is 23.7. The average Bonchev–Trinajstić information content (AvgIpc) is 2.85. The van der Waals surface area contributed by atoms with Gasteiger partial charge in [-0.3, -0.25) is 0 Å². The van der Waals surface area contributed by atoms with Crippen LogP contribution in [0.1, 0.15) is 86.5 Å². The second-order valence-corrected chi connectivity index (χ2v) is 10.1. The summed E-state index contributed by atoms with van der Waals surface area (Å²) in [5.41, 5.74) is 6.84. The molecule has 0 aliphatic heterocycles. The van der Waals surface area contributed by atoms with E-state index in [2.05, 4.69) is 68.4 Å². The zero-order valence-corrected chi connectivity index (χ0v) is 20.5. The van der Waals surface area contributed by atoms with Crippen molar-refractivity contribution in [2.24, 2.45) is 5.92 Å². The van der Waals surface area contributed by atoms with Gasteiger partial charge in [0.15, 0.2) is 0 Å². The van der Waals surface area contributed by atoms with E-state index < -0.39 is 0 Å². The van der Waals surface area contributed by atoms with Gasteiger partial charge in [-0.1, -0.05) is 98.8 Å². The summed E-state index contributed by atoms with van der Waals surface area (Å²) in [7, 11) is 0. The molecule has 1 heteroatoms. The zero-order valence-electron chi connectivity index (χ0n) is 20.5. The van der Waals surface area contributed by atoms with E-state index >= 15 is 4.39 Å². The van der Waals surface area contributed by atoms with Crippen molar-refractivity contribution < 1.29 is 4.39 Å². The molecule has 0 aromatic heterocycles. The highest BCUT2D eigenvalue weighted by molar-refractivity contribution is 5.65. The Morgan fingerprint density at radius 1 is 0.758 bits per heavy atom. The molecule has 0 nitrogen and oxygen atoms in total. The number of benzene rings is 3. The number of hydrogen-bond donors (Lipinski definition) is 0. The summed E-state index contributed by atoms with van der Waals surface area (Å²) < 4.78 is 15.1. The van der Waals surface area contributed by atoms with Gasteiger partial charge in [-0.15, -0.1) is 0 Å². The molecule has 0 amide bonds. The van der Waals surface area contributed by atoms with Crippen LogP contribution in [0.25, 0.3) is 11.1 Å². The molecule has 1 aliphatic carbocycles. The van der Waals surface area contributed by atoms with Gasteiger partial charge in [-0.2, -0.15) is 0 Å². The van der Waals surface area contributed by atoms with Crippen LogP contribution in [-0.4, -0.2) is 0 Å². The van der Waals surface area contributed by atoms with Crippen LogP contribution in [0.5, 0.6) is 0 Å². The molecule has 1 fully saturated rings. The predicted octanol–water partition coefficient (Wildman–Crippen LogP) is 9.44. The van der Waals surface area contributed by atoms with Gasteiger partial charge in [0.2, 0.25) is 0 Å². The van der Waals surface area contributed by atoms with Crippen molar-refractivity contribution in [1.29, 1.82) is 0 Å². The summed E-state index contributed by atoms with van der Waals surface area (Å²) in [4.78, 5) is 0. The van der Waals surface area contributed by atoms with Gasteiger partial charge in [0.25, 0.3) is 0 Å². The molecule has 174 valence electrons. The van der Waals surface area contributed by atoms with Crippen LogP contribution >= 0.6 is 0 Å².